The monoisotopic (exact) mass is 256 g/mol. The van der Waals surface area contributed by atoms with E-state index in [2.05, 4.69) is 35.9 Å². The second-order valence-corrected chi connectivity index (χ2v) is 5.15. The molecule has 3 rings (SSSR count). The minimum absolute atomic E-state index is 0.616. The maximum absolute atomic E-state index is 4.64. The summed E-state index contributed by atoms with van der Waals surface area (Å²) in [5, 5.41) is 1.96. The van der Waals surface area contributed by atoms with E-state index < -0.39 is 0 Å². The van der Waals surface area contributed by atoms with Crippen molar-refractivity contribution in [2.75, 3.05) is 12.1 Å². The van der Waals surface area contributed by atoms with Gasteiger partial charge in [-0.25, -0.2) is 20.6 Å². The van der Waals surface area contributed by atoms with Crippen LogP contribution in [0.25, 0.3) is 11.3 Å². The number of nitrogens with one attached hydrogen (secondary N) is 2. The highest BCUT2D eigenvalue weighted by Gasteiger charge is 2.20. The molecule has 0 bridgehead atoms. The van der Waals surface area contributed by atoms with Gasteiger partial charge in [0.2, 0.25) is 0 Å². The molecule has 1 aromatic carbocycles. The summed E-state index contributed by atoms with van der Waals surface area (Å²) in [7, 11) is 0. The Hall–Kier alpha value is -1.85. The molecule has 2 N–H and O–H groups in total. The first-order chi connectivity index (χ1) is 9.22. The zero-order valence-electron chi connectivity index (χ0n) is 11.2. The number of hydrogen-bond acceptors (Lipinski definition) is 4. The van der Waals surface area contributed by atoms with Crippen molar-refractivity contribution in [1.29, 1.82) is 0 Å². The molecule has 2 heterocycles. The van der Waals surface area contributed by atoms with E-state index in [1.54, 1.807) is 0 Å². The fourth-order valence-corrected chi connectivity index (χ4v) is 2.00. The van der Waals surface area contributed by atoms with Gasteiger partial charge in [0.15, 0.2) is 0 Å². The third-order valence-corrected chi connectivity index (χ3v) is 3.00. The van der Waals surface area contributed by atoms with Gasteiger partial charge < -0.3 is 0 Å². The van der Waals surface area contributed by atoms with Crippen molar-refractivity contribution in [1.82, 2.24) is 20.2 Å². The molecule has 99 valence electrons. The Labute approximate surface area is 113 Å². The van der Waals surface area contributed by atoms with Crippen LogP contribution in [0, 0.1) is 12.0 Å². The summed E-state index contributed by atoms with van der Waals surface area (Å²) in [4.78, 5) is 4.64. The maximum atomic E-state index is 4.64. The number of rotatable bonds is 4. The van der Waals surface area contributed by atoms with Crippen molar-refractivity contribution < 1.29 is 0 Å². The topological polar surface area (TPSA) is 45.1 Å². The molecule has 5 heteroatoms. The summed E-state index contributed by atoms with van der Waals surface area (Å²) in [6, 6.07) is 10.9. The molecule has 19 heavy (non-hydrogen) atoms. The van der Waals surface area contributed by atoms with Gasteiger partial charge in [-0.05, 0) is 18.1 Å². The highest BCUT2D eigenvalue weighted by molar-refractivity contribution is 5.58. The van der Waals surface area contributed by atoms with Crippen LogP contribution in [-0.4, -0.2) is 21.3 Å². The minimum Gasteiger partial charge on any atom is -0.241 e. The normalized spacial score (nSPS) is 14.7. The van der Waals surface area contributed by atoms with E-state index in [1.165, 1.54) is 0 Å². The summed E-state index contributed by atoms with van der Waals surface area (Å²) in [5.74, 6) is 1.63. The van der Waals surface area contributed by atoms with Crippen molar-refractivity contribution in [2.45, 2.75) is 20.4 Å². The van der Waals surface area contributed by atoms with Gasteiger partial charge in [0.25, 0.3) is 0 Å². The number of imidazole rings is 1. The molecule has 2 aromatic rings. The van der Waals surface area contributed by atoms with Crippen LogP contribution in [0.15, 0.2) is 30.5 Å². The highest BCUT2D eigenvalue weighted by Crippen LogP contribution is 2.20. The molecule has 0 saturated carbocycles. The van der Waals surface area contributed by atoms with E-state index in [9.17, 15) is 0 Å². The summed E-state index contributed by atoms with van der Waals surface area (Å²) in [6.07, 6.45) is 2.01. The number of fused-ring (bicyclic) bond motifs is 1. The fourth-order valence-electron chi connectivity index (χ4n) is 2.00. The van der Waals surface area contributed by atoms with Gasteiger partial charge in [0, 0.05) is 12.1 Å². The standard InChI is InChI=1S/C14H18N5/c1-11(2)8-15-19-10-14-16-13(9-18(14)17-19)12-6-4-3-5-7-12/h3-4,6-7,9,11,15,17H,8,10H2,1-2H3. The molecule has 0 atom stereocenters. The van der Waals surface area contributed by atoms with Crippen molar-refractivity contribution >= 4 is 0 Å². The molecule has 1 radical (unpaired) electrons. The van der Waals surface area contributed by atoms with Crippen molar-refractivity contribution in [3.63, 3.8) is 0 Å². The van der Waals surface area contributed by atoms with Gasteiger partial charge in [0.05, 0.1) is 18.4 Å². The third kappa shape index (κ3) is 2.62. The summed E-state index contributed by atoms with van der Waals surface area (Å²) >= 11 is 0. The average Bonchev–Trinajstić information content (AvgIpc) is 2.95. The molecule has 0 saturated heterocycles. The lowest BCUT2D eigenvalue weighted by Crippen LogP contribution is -2.42. The lowest BCUT2D eigenvalue weighted by Gasteiger charge is -2.18. The van der Waals surface area contributed by atoms with Gasteiger partial charge >= 0.3 is 0 Å². The van der Waals surface area contributed by atoms with Gasteiger partial charge in [0.1, 0.15) is 5.82 Å². The van der Waals surface area contributed by atoms with Crippen LogP contribution in [0.5, 0.6) is 0 Å². The molecular weight excluding hydrogens is 238 g/mol. The minimum atomic E-state index is 0.616. The van der Waals surface area contributed by atoms with E-state index in [1.807, 2.05) is 40.3 Å². The number of hydrazine groups is 2. The Kier molecular flexibility index (Phi) is 3.23. The van der Waals surface area contributed by atoms with Crippen molar-refractivity contribution in [2.24, 2.45) is 5.92 Å². The third-order valence-electron chi connectivity index (χ3n) is 3.00. The first kappa shape index (κ1) is 12.2. The molecule has 0 amide bonds. The van der Waals surface area contributed by atoms with Crippen LogP contribution >= 0.6 is 0 Å². The van der Waals surface area contributed by atoms with E-state index in [0.29, 0.717) is 5.92 Å². The Morgan fingerprint density at radius 3 is 3.11 bits per heavy atom. The van der Waals surface area contributed by atoms with E-state index in [4.69, 9.17) is 0 Å². The molecule has 0 fully saturated rings. The lowest BCUT2D eigenvalue weighted by molar-refractivity contribution is 0.212. The molecule has 1 aromatic heterocycles. The number of aromatic nitrogens is 2. The summed E-state index contributed by atoms with van der Waals surface area (Å²) in [5.41, 5.74) is 8.64. The van der Waals surface area contributed by atoms with Crippen molar-refractivity contribution in [3.8, 4) is 11.3 Å². The van der Waals surface area contributed by atoms with E-state index in [-0.39, 0.29) is 0 Å². The predicted molar refractivity (Wildman–Crippen MR) is 74.2 cm³/mol. The van der Waals surface area contributed by atoms with Gasteiger partial charge in [-0.15, -0.1) is 5.12 Å². The molecule has 1 aliphatic rings. The first-order valence-electron chi connectivity index (χ1n) is 6.55. The average molecular weight is 256 g/mol. The van der Waals surface area contributed by atoms with E-state index in [0.717, 1.165) is 30.2 Å². The second-order valence-electron chi connectivity index (χ2n) is 5.15. The fraction of sp³-hybridized carbons (Fsp3) is 0.357. The van der Waals surface area contributed by atoms with Crippen LogP contribution in [0.3, 0.4) is 0 Å². The SMILES string of the molecule is CC(C)CNN1Cc2nc(-c3c[c]ccc3)cn2N1. The maximum Gasteiger partial charge on any atom is 0.147 e. The lowest BCUT2D eigenvalue weighted by atomic mass is 10.2. The number of nitrogens with zero attached hydrogens (tertiary/aromatic N) is 3. The van der Waals surface area contributed by atoms with Gasteiger partial charge in [-0.1, -0.05) is 32.0 Å². The Morgan fingerprint density at radius 1 is 1.53 bits per heavy atom. The number of hydrogen-bond donors (Lipinski definition) is 2. The zero-order chi connectivity index (χ0) is 13.2. The zero-order valence-corrected chi connectivity index (χ0v) is 11.2. The smallest absolute Gasteiger partial charge is 0.147 e. The van der Waals surface area contributed by atoms with Gasteiger partial charge in [-0.3, -0.25) is 0 Å². The van der Waals surface area contributed by atoms with Crippen LogP contribution in [-0.2, 0) is 6.54 Å². The number of benzene rings is 1. The first-order valence-corrected chi connectivity index (χ1v) is 6.55. The summed E-state index contributed by atoms with van der Waals surface area (Å²) in [6.45, 7) is 6.07. The van der Waals surface area contributed by atoms with Crippen LogP contribution in [0.2, 0.25) is 0 Å². The van der Waals surface area contributed by atoms with Gasteiger partial charge in [-0.2, -0.15) is 0 Å². The largest absolute Gasteiger partial charge is 0.241 e. The molecule has 0 aliphatic carbocycles. The van der Waals surface area contributed by atoms with Crippen LogP contribution in [0.1, 0.15) is 19.7 Å². The molecule has 5 nitrogen and oxygen atoms in total. The van der Waals surface area contributed by atoms with Crippen molar-refractivity contribution in [3.05, 3.63) is 42.4 Å². The Balaban J connectivity index is 1.69. The quantitative estimate of drug-likeness (QED) is 0.875. The summed E-state index contributed by atoms with van der Waals surface area (Å²) < 4.78 is 1.95. The molecule has 0 spiro atoms. The predicted octanol–water partition coefficient (Wildman–Crippen LogP) is 1.78. The van der Waals surface area contributed by atoms with E-state index >= 15 is 0 Å². The molecular formula is C14H18N5. The molecule has 1 aliphatic heterocycles. The Bertz CT molecular complexity index is 523. The Morgan fingerprint density at radius 2 is 2.42 bits per heavy atom. The second kappa shape index (κ2) is 5.03. The van der Waals surface area contributed by atoms with Crippen LogP contribution < -0.4 is 11.0 Å². The van der Waals surface area contributed by atoms with Crippen LogP contribution in [0.4, 0.5) is 0 Å². The molecule has 0 unspecified atom stereocenters. The highest BCUT2D eigenvalue weighted by atomic mass is 15.9.